The Morgan fingerprint density at radius 2 is 1.56 bits per heavy atom. The first-order valence-electron chi connectivity index (χ1n) is 5.50. The van der Waals surface area contributed by atoms with Gasteiger partial charge in [-0.15, -0.1) is 0 Å². The molecule has 0 radical (unpaired) electrons. The van der Waals surface area contributed by atoms with Crippen LogP contribution in [0, 0.1) is 11.6 Å². The lowest BCUT2D eigenvalue weighted by atomic mass is 9.98. The summed E-state index contributed by atoms with van der Waals surface area (Å²) in [6, 6.07) is 10.7. The van der Waals surface area contributed by atoms with Crippen LogP contribution in [0.25, 0.3) is 0 Å². The lowest BCUT2D eigenvalue weighted by Gasteiger charge is -2.18. The highest BCUT2D eigenvalue weighted by molar-refractivity contribution is 9.10. The number of halogens is 3. The summed E-state index contributed by atoms with van der Waals surface area (Å²) in [7, 11) is 1.68. The van der Waals surface area contributed by atoms with Crippen molar-refractivity contribution in [3.63, 3.8) is 0 Å². The van der Waals surface area contributed by atoms with Gasteiger partial charge in [-0.3, -0.25) is 0 Å². The van der Waals surface area contributed by atoms with E-state index in [1.165, 1.54) is 18.2 Å². The monoisotopic (exact) mass is 311 g/mol. The van der Waals surface area contributed by atoms with E-state index in [9.17, 15) is 8.78 Å². The van der Waals surface area contributed by atoms with E-state index in [1.807, 2.05) is 24.3 Å². The van der Waals surface area contributed by atoms with Gasteiger partial charge in [0.1, 0.15) is 11.6 Å². The number of hydrogen-bond donors (Lipinski definition) is 1. The van der Waals surface area contributed by atoms with Gasteiger partial charge in [0.25, 0.3) is 0 Å². The van der Waals surface area contributed by atoms with Crippen LogP contribution in [-0.2, 0) is 0 Å². The van der Waals surface area contributed by atoms with Gasteiger partial charge >= 0.3 is 0 Å². The van der Waals surface area contributed by atoms with Gasteiger partial charge in [-0.2, -0.15) is 0 Å². The Labute approximate surface area is 113 Å². The molecular weight excluding hydrogens is 300 g/mol. The van der Waals surface area contributed by atoms with Crippen molar-refractivity contribution >= 4 is 15.9 Å². The van der Waals surface area contributed by atoms with Gasteiger partial charge in [0.2, 0.25) is 0 Å². The Morgan fingerprint density at radius 1 is 1.00 bits per heavy atom. The summed E-state index contributed by atoms with van der Waals surface area (Å²) < 4.78 is 28.5. The molecule has 18 heavy (non-hydrogen) atoms. The Bertz CT molecular complexity index is 520. The molecule has 1 atom stereocenters. The highest BCUT2D eigenvalue weighted by Crippen LogP contribution is 2.27. The fourth-order valence-electron chi connectivity index (χ4n) is 1.92. The summed E-state index contributed by atoms with van der Waals surface area (Å²) >= 11 is 3.33. The zero-order chi connectivity index (χ0) is 13.1. The van der Waals surface area contributed by atoms with Crippen molar-refractivity contribution in [1.82, 2.24) is 5.32 Å². The molecule has 0 amide bonds. The number of nitrogens with one attached hydrogen (secondary N) is 1. The maximum absolute atomic E-state index is 13.8. The van der Waals surface area contributed by atoms with Crippen LogP contribution in [0.15, 0.2) is 46.9 Å². The first-order valence-corrected chi connectivity index (χ1v) is 6.29. The van der Waals surface area contributed by atoms with Crippen molar-refractivity contribution in [2.24, 2.45) is 0 Å². The fourth-order valence-corrected chi connectivity index (χ4v) is 2.18. The smallest absolute Gasteiger partial charge is 0.131 e. The molecule has 4 heteroatoms. The van der Waals surface area contributed by atoms with Crippen molar-refractivity contribution in [3.05, 3.63) is 69.7 Å². The molecule has 0 aliphatic carbocycles. The normalized spacial score (nSPS) is 12.4. The van der Waals surface area contributed by atoms with Crippen molar-refractivity contribution in [2.75, 3.05) is 7.05 Å². The third-order valence-electron chi connectivity index (χ3n) is 2.78. The van der Waals surface area contributed by atoms with E-state index in [2.05, 4.69) is 21.2 Å². The standard InChI is InChI=1S/C14H12BrF2N/c1-18-14(9-5-7-10(15)8-6-9)13-11(16)3-2-4-12(13)17/h2-8,14,18H,1H3. The summed E-state index contributed by atoms with van der Waals surface area (Å²) in [6.07, 6.45) is 0. The van der Waals surface area contributed by atoms with E-state index in [-0.39, 0.29) is 5.56 Å². The molecule has 0 aromatic heterocycles. The first-order chi connectivity index (χ1) is 8.63. The fraction of sp³-hybridized carbons (Fsp3) is 0.143. The van der Waals surface area contributed by atoms with Crippen molar-refractivity contribution in [2.45, 2.75) is 6.04 Å². The molecular formula is C14H12BrF2N. The van der Waals surface area contributed by atoms with Gasteiger partial charge < -0.3 is 5.32 Å². The summed E-state index contributed by atoms with van der Waals surface area (Å²) in [4.78, 5) is 0. The molecule has 0 bridgehead atoms. The van der Waals surface area contributed by atoms with Gasteiger partial charge in [-0.1, -0.05) is 34.1 Å². The number of benzene rings is 2. The van der Waals surface area contributed by atoms with E-state index in [0.717, 1.165) is 10.0 Å². The van der Waals surface area contributed by atoms with Gasteiger partial charge in [0.05, 0.1) is 6.04 Å². The Hall–Kier alpha value is -1.26. The van der Waals surface area contributed by atoms with Crippen LogP contribution in [0.2, 0.25) is 0 Å². The molecule has 1 unspecified atom stereocenters. The first kappa shape index (κ1) is 13.2. The molecule has 0 fully saturated rings. The third kappa shape index (κ3) is 2.60. The topological polar surface area (TPSA) is 12.0 Å². The minimum Gasteiger partial charge on any atom is -0.309 e. The highest BCUT2D eigenvalue weighted by atomic mass is 79.9. The van der Waals surface area contributed by atoms with Crippen LogP contribution >= 0.6 is 15.9 Å². The molecule has 0 spiro atoms. The van der Waals surface area contributed by atoms with Crippen LogP contribution in [0.1, 0.15) is 17.2 Å². The Morgan fingerprint density at radius 3 is 2.06 bits per heavy atom. The lowest BCUT2D eigenvalue weighted by Crippen LogP contribution is -2.20. The van der Waals surface area contributed by atoms with Gasteiger partial charge in [0.15, 0.2) is 0 Å². The van der Waals surface area contributed by atoms with Crippen molar-refractivity contribution < 1.29 is 8.78 Å². The van der Waals surface area contributed by atoms with Crippen LogP contribution in [-0.4, -0.2) is 7.05 Å². The molecule has 0 aliphatic rings. The highest BCUT2D eigenvalue weighted by Gasteiger charge is 2.20. The van der Waals surface area contributed by atoms with Gasteiger partial charge in [-0.25, -0.2) is 8.78 Å². The minimum absolute atomic E-state index is 0.0438. The molecule has 2 aromatic rings. The predicted molar refractivity (Wildman–Crippen MR) is 71.4 cm³/mol. The maximum atomic E-state index is 13.8. The van der Waals surface area contributed by atoms with E-state index >= 15 is 0 Å². The van der Waals surface area contributed by atoms with E-state index in [1.54, 1.807) is 7.05 Å². The SMILES string of the molecule is CNC(c1ccc(Br)cc1)c1c(F)cccc1F. The molecule has 0 saturated carbocycles. The molecule has 1 N–H and O–H groups in total. The lowest BCUT2D eigenvalue weighted by molar-refractivity contribution is 0.522. The molecule has 0 saturated heterocycles. The minimum atomic E-state index is -0.544. The third-order valence-corrected chi connectivity index (χ3v) is 3.31. The Balaban J connectivity index is 2.48. The molecule has 1 nitrogen and oxygen atoms in total. The maximum Gasteiger partial charge on any atom is 0.131 e. The summed E-state index contributed by atoms with van der Waals surface area (Å²) in [5, 5.41) is 2.94. The zero-order valence-electron chi connectivity index (χ0n) is 9.75. The van der Waals surface area contributed by atoms with E-state index < -0.39 is 17.7 Å². The van der Waals surface area contributed by atoms with Crippen LogP contribution in [0.4, 0.5) is 8.78 Å². The summed E-state index contributed by atoms with van der Waals surface area (Å²) in [5.41, 5.74) is 0.854. The quantitative estimate of drug-likeness (QED) is 0.902. The second-order valence-corrected chi connectivity index (χ2v) is 4.82. The molecule has 0 heterocycles. The predicted octanol–water partition coefficient (Wildman–Crippen LogP) is 4.04. The van der Waals surface area contributed by atoms with Gasteiger partial charge in [0, 0.05) is 10.0 Å². The van der Waals surface area contributed by atoms with E-state index in [4.69, 9.17) is 0 Å². The summed E-state index contributed by atoms with van der Waals surface area (Å²) in [5.74, 6) is -1.09. The van der Waals surface area contributed by atoms with Crippen LogP contribution < -0.4 is 5.32 Å². The Kier molecular flexibility index (Phi) is 4.09. The number of hydrogen-bond acceptors (Lipinski definition) is 1. The van der Waals surface area contributed by atoms with Crippen LogP contribution in [0.3, 0.4) is 0 Å². The molecule has 2 aromatic carbocycles. The van der Waals surface area contributed by atoms with E-state index in [0.29, 0.717) is 0 Å². The summed E-state index contributed by atoms with van der Waals surface area (Å²) in [6.45, 7) is 0. The molecule has 94 valence electrons. The number of rotatable bonds is 3. The zero-order valence-corrected chi connectivity index (χ0v) is 11.3. The molecule has 2 rings (SSSR count). The largest absolute Gasteiger partial charge is 0.309 e. The molecule has 0 aliphatic heterocycles. The second kappa shape index (κ2) is 5.59. The average molecular weight is 312 g/mol. The van der Waals surface area contributed by atoms with Crippen molar-refractivity contribution in [3.8, 4) is 0 Å². The van der Waals surface area contributed by atoms with Crippen molar-refractivity contribution in [1.29, 1.82) is 0 Å². The van der Waals surface area contributed by atoms with Gasteiger partial charge in [-0.05, 0) is 36.9 Å². The second-order valence-electron chi connectivity index (χ2n) is 3.91. The van der Waals surface area contributed by atoms with Crippen LogP contribution in [0.5, 0.6) is 0 Å². The average Bonchev–Trinajstić information content (AvgIpc) is 2.35.